The van der Waals surface area contributed by atoms with Crippen LogP contribution in [0.1, 0.15) is 5.56 Å². The fourth-order valence-corrected chi connectivity index (χ4v) is 3.71. The topological polar surface area (TPSA) is 53.6 Å². The average Bonchev–Trinajstić information content (AvgIpc) is 2.57. The molecule has 1 atom stereocenters. The van der Waals surface area contributed by atoms with Crippen LogP contribution in [-0.2, 0) is 16.1 Å². The average molecular weight is 321 g/mol. The first-order chi connectivity index (χ1) is 10.8. The molecule has 22 heavy (non-hydrogen) atoms. The molecule has 2 N–H and O–H groups in total. The Morgan fingerprint density at radius 3 is 3.05 bits per heavy atom. The summed E-state index contributed by atoms with van der Waals surface area (Å²) in [5.41, 5.74) is 2.11. The minimum Gasteiger partial charge on any atom is -0.378 e. The number of nitrogens with zero attached hydrogens (tertiary/aromatic N) is 1. The predicted octanol–water partition coefficient (Wildman–Crippen LogP) is 1.16. The second-order valence-corrected chi connectivity index (χ2v) is 6.88. The van der Waals surface area contributed by atoms with Gasteiger partial charge >= 0.3 is 0 Å². The number of ether oxygens (including phenoxy) is 1. The van der Waals surface area contributed by atoms with Gasteiger partial charge in [-0.25, -0.2) is 0 Å². The van der Waals surface area contributed by atoms with Gasteiger partial charge in [0.25, 0.3) is 0 Å². The van der Waals surface area contributed by atoms with Crippen molar-refractivity contribution in [2.24, 2.45) is 0 Å². The van der Waals surface area contributed by atoms with E-state index in [-0.39, 0.29) is 11.9 Å². The minimum absolute atomic E-state index is 0.0220. The molecule has 2 heterocycles. The van der Waals surface area contributed by atoms with Crippen LogP contribution in [0.15, 0.2) is 24.3 Å². The maximum absolute atomic E-state index is 12.2. The van der Waals surface area contributed by atoms with Crippen LogP contribution in [0, 0.1) is 0 Å². The third-order valence-electron chi connectivity index (χ3n) is 3.94. The normalized spacial score (nSPS) is 23.2. The number of carbonyl (C=O) groups is 1. The lowest BCUT2D eigenvalue weighted by Crippen LogP contribution is -2.48. The van der Waals surface area contributed by atoms with E-state index >= 15 is 0 Å². The van der Waals surface area contributed by atoms with Gasteiger partial charge < -0.3 is 15.4 Å². The number of carbonyl (C=O) groups excluding carboxylic acids is 1. The van der Waals surface area contributed by atoms with E-state index in [0.29, 0.717) is 13.2 Å². The molecule has 2 aliphatic heterocycles. The van der Waals surface area contributed by atoms with Crippen molar-refractivity contribution in [1.29, 1.82) is 0 Å². The van der Waals surface area contributed by atoms with E-state index in [2.05, 4.69) is 27.7 Å². The molecule has 2 fully saturated rings. The number of thioether (sulfide) groups is 1. The second kappa shape index (κ2) is 7.97. The van der Waals surface area contributed by atoms with Crippen LogP contribution >= 0.6 is 11.8 Å². The molecule has 5 nitrogen and oxygen atoms in total. The van der Waals surface area contributed by atoms with Crippen molar-refractivity contribution >= 4 is 23.4 Å². The summed E-state index contributed by atoms with van der Waals surface area (Å²) < 4.78 is 5.33. The van der Waals surface area contributed by atoms with Gasteiger partial charge in [-0.3, -0.25) is 9.69 Å². The Morgan fingerprint density at radius 1 is 1.41 bits per heavy atom. The Balaban J connectivity index is 1.57. The molecule has 6 heteroatoms. The fourth-order valence-electron chi connectivity index (χ4n) is 2.73. The molecule has 0 bridgehead atoms. The smallest absolute Gasteiger partial charge is 0.243 e. The van der Waals surface area contributed by atoms with Crippen LogP contribution in [-0.4, -0.2) is 61.2 Å². The highest BCUT2D eigenvalue weighted by atomic mass is 32.2. The first kappa shape index (κ1) is 15.8. The number of benzene rings is 1. The van der Waals surface area contributed by atoms with Crippen LogP contribution in [0.5, 0.6) is 0 Å². The van der Waals surface area contributed by atoms with Gasteiger partial charge in [-0.05, 0) is 17.7 Å². The van der Waals surface area contributed by atoms with Crippen molar-refractivity contribution in [3.05, 3.63) is 29.8 Å². The summed E-state index contributed by atoms with van der Waals surface area (Å²) in [7, 11) is 0. The summed E-state index contributed by atoms with van der Waals surface area (Å²) in [5, 5.41) is 6.16. The molecule has 3 rings (SSSR count). The lowest BCUT2D eigenvalue weighted by Gasteiger charge is -2.26. The third kappa shape index (κ3) is 4.46. The van der Waals surface area contributed by atoms with Gasteiger partial charge in [-0.1, -0.05) is 12.1 Å². The summed E-state index contributed by atoms with van der Waals surface area (Å²) in [6, 6.07) is 7.89. The number of hydrogen-bond acceptors (Lipinski definition) is 5. The Morgan fingerprint density at radius 2 is 2.27 bits per heavy atom. The summed E-state index contributed by atoms with van der Waals surface area (Å²) in [5.74, 6) is 2.40. The standard InChI is InChI=1S/C16H23N3O2S/c20-16(15-12-21-7-4-17-15)18-14-3-1-2-13(10-14)11-19-5-8-22-9-6-19/h1-3,10,15,17H,4-9,11-12H2,(H,18,20). The van der Waals surface area contributed by atoms with Crippen LogP contribution < -0.4 is 10.6 Å². The summed E-state index contributed by atoms with van der Waals surface area (Å²) in [4.78, 5) is 14.7. The maximum atomic E-state index is 12.2. The molecule has 120 valence electrons. The number of morpholine rings is 1. The zero-order valence-electron chi connectivity index (χ0n) is 12.7. The molecule has 0 aliphatic carbocycles. The van der Waals surface area contributed by atoms with Gasteiger partial charge in [0.1, 0.15) is 6.04 Å². The van der Waals surface area contributed by atoms with Crippen LogP contribution in [0.2, 0.25) is 0 Å². The van der Waals surface area contributed by atoms with Gasteiger partial charge in [0.2, 0.25) is 5.91 Å². The van der Waals surface area contributed by atoms with Crippen molar-refractivity contribution in [3.63, 3.8) is 0 Å². The highest BCUT2D eigenvalue weighted by Crippen LogP contribution is 2.16. The van der Waals surface area contributed by atoms with Gasteiger partial charge in [0.05, 0.1) is 13.2 Å². The molecule has 0 radical (unpaired) electrons. The Kier molecular flexibility index (Phi) is 5.72. The molecule has 0 spiro atoms. The Labute approximate surface area is 135 Å². The van der Waals surface area contributed by atoms with E-state index in [1.807, 2.05) is 23.9 Å². The molecule has 1 aromatic carbocycles. The van der Waals surface area contributed by atoms with Crippen molar-refractivity contribution in [2.75, 3.05) is 49.7 Å². The summed E-state index contributed by atoms with van der Waals surface area (Å²) in [6.45, 7) is 5.08. The fraction of sp³-hybridized carbons (Fsp3) is 0.562. The molecular weight excluding hydrogens is 298 g/mol. The minimum atomic E-state index is -0.253. The number of amides is 1. The highest BCUT2D eigenvalue weighted by molar-refractivity contribution is 7.99. The lowest BCUT2D eigenvalue weighted by molar-refractivity contribution is -0.120. The lowest BCUT2D eigenvalue weighted by atomic mass is 10.1. The highest BCUT2D eigenvalue weighted by Gasteiger charge is 2.21. The van der Waals surface area contributed by atoms with Gasteiger partial charge in [0.15, 0.2) is 0 Å². The summed E-state index contributed by atoms with van der Waals surface area (Å²) in [6.07, 6.45) is 0. The van der Waals surface area contributed by atoms with Gasteiger partial charge in [-0.15, -0.1) is 0 Å². The van der Waals surface area contributed by atoms with Crippen LogP contribution in [0.25, 0.3) is 0 Å². The van der Waals surface area contributed by atoms with E-state index in [9.17, 15) is 4.79 Å². The third-order valence-corrected chi connectivity index (χ3v) is 4.89. The zero-order chi connectivity index (χ0) is 15.2. The zero-order valence-corrected chi connectivity index (χ0v) is 13.5. The van der Waals surface area contributed by atoms with Gasteiger partial charge in [-0.2, -0.15) is 11.8 Å². The van der Waals surface area contributed by atoms with Gasteiger partial charge in [0, 0.05) is 43.4 Å². The van der Waals surface area contributed by atoms with Crippen molar-refractivity contribution < 1.29 is 9.53 Å². The molecular formula is C16H23N3O2S. The van der Waals surface area contributed by atoms with E-state index in [4.69, 9.17) is 4.74 Å². The molecule has 1 amide bonds. The largest absolute Gasteiger partial charge is 0.378 e. The number of anilines is 1. The first-order valence-corrected chi connectivity index (χ1v) is 8.98. The monoisotopic (exact) mass is 321 g/mol. The van der Waals surface area contributed by atoms with Crippen molar-refractivity contribution in [3.8, 4) is 0 Å². The molecule has 0 aromatic heterocycles. The predicted molar refractivity (Wildman–Crippen MR) is 90.3 cm³/mol. The van der Waals surface area contributed by atoms with Crippen molar-refractivity contribution in [2.45, 2.75) is 12.6 Å². The Hall–Kier alpha value is -1.08. The quantitative estimate of drug-likeness (QED) is 0.872. The molecule has 1 unspecified atom stereocenters. The molecule has 2 aliphatic rings. The second-order valence-electron chi connectivity index (χ2n) is 5.66. The number of nitrogens with one attached hydrogen (secondary N) is 2. The van der Waals surface area contributed by atoms with E-state index in [1.165, 1.54) is 17.1 Å². The number of rotatable bonds is 4. The molecule has 1 aromatic rings. The Bertz CT molecular complexity index is 500. The molecule has 2 saturated heterocycles. The number of hydrogen-bond donors (Lipinski definition) is 2. The van der Waals surface area contributed by atoms with E-state index < -0.39 is 0 Å². The van der Waals surface area contributed by atoms with E-state index in [0.717, 1.165) is 31.9 Å². The van der Waals surface area contributed by atoms with Crippen LogP contribution in [0.3, 0.4) is 0 Å². The van der Waals surface area contributed by atoms with Crippen LogP contribution in [0.4, 0.5) is 5.69 Å². The SMILES string of the molecule is O=C(Nc1cccc(CN2CCSCC2)c1)C1COCCN1. The molecule has 0 saturated carbocycles. The van der Waals surface area contributed by atoms with E-state index in [1.54, 1.807) is 0 Å². The maximum Gasteiger partial charge on any atom is 0.243 e. The van der Waals surface area contributed by atoms with Crippen molar-refractivity contribution in [1.82, 2.24) is 10.2 Å². The summed E-state index contributed by atoms with van der Waals surface area (Å²) >= 11 is 2.02. The first-order valence-electron chi connectivity index (χ1n) is 7.82.